The summed E-state index contributed by atoms with van der Waals surface area (Å²) in [5.41, 5.74) is 8.38. The number of benzene rings is 2. The normalized spacial score (nSPS) is 10.9. The highest BCUT2D eigenvalue weighted by Gasteiger charge is 2.03. The third-order valence-electron chi connectivity index (χ3n) is 3.48. The molecule has 27 heavy (non-hydrogen) atoms. The average molecular weight is 482 g/mol. The Bertz CT molecular complexity index is 744. The van der Waals surface area contributed by atoms with Crippen molar-refractivity contribution in [3.05, 3.63) is 59.7 Å². The molecule has 0 unspecified atom stereocenters. The largest absolute Gasteiger partial charge is 0.491 e. The molecule has 0 aliphatic carbocycles. The lowest BCUT2D eigenvalue weighted by Crippen LogP contribution is -2.23. The number of amides is 1. The first-order valence-corrected chi connectivity index (χ1v) is 8.68. The molecule has 0 saturated carbocycles. The molecule has 4 N–H and O–H groups in total. The van der Waals surface area contributed by atoms with Gasteiger partial charge in [-0.15, -0.1) is 24.0 Å². The average Bonchev–Trinajstić information content (AvgIpc) is 2.62. The molecule has 0 saturated heterocycles. The zero-order chi connectivity index (χ0) is 18.9. The Hall–Kier alpha value is -2.29. The smallest absolute Gasteiger partial charge is 0.251 e. The minimum absolute atomic E-state index is 0. The van der Waals surface area contributed by atoms with Crippen LogP contribution in [0.4, 0.5) is 5.69 Å². The molecule has 1 amide bonds. The van der Waals surface area contributed by atoms with E-state index in [1.54, 1.807) is 12.1 Å². The Morgan fingerprint density at radius 2 is 1.74 bits per heavy atom. The van der Waals surface area contributed by atoms with Crippen molar-refractivity contribution in [1.29, 1.82) is 0 Å². The van der Waals surface area contributed by atoms with Crippen LogP contribution in [0.15, 0.2) is 53.5 Å². The van der Waals surface area contributed by atoms with Crippen LogP contribution in [0.1, 0.15) is 36.7 Å². The molecule has 0 fully saturated rings. The highest BCUT2D eigenvalue weighted by Crippen LogP contribution is 2.16. The SMILES string of the molecule is CCNC(=O)c1ccc(CN=C(N)Nc2ccc(OC(C)C)cc2)cc1.I. The van der Waals surface area contributed by atoms with Crippen LogP contribution in [0.2, 0.25) is 0 Å². The molecule has 6 nitrogen and oxygen atoms in total. The number of nitrogens with one attached hydrogen (secondary N) is 2. The third-order valence-corrected chi connectivity index (χ3v) is 3.48. The number of hydrogen-bond donors (Lipinski definition) is 3. The van der Waals surface area contributed by atoms with Gasteiger partial charge in [-0.2, -0.15) is 0 Å². The second kappa shape index (κ2) is 11.4. The first kappa shape index (κ1) is 22.8. The number of hydrogen-bond acceptors (Lipinski definition) is 3. The van der Waals surface area contributed by atoms with Crippen molar-refractivity contribution in [2.75, 3.05) is 11.9 Å². The number of halogens is 1. The zero-order valence-corrected chi connectivity index (χ0v) is 18.2. The number of rotatable bonds is 7. The van der Waals surface area contributed by atoms with Gasteiger partial charge < -0.3 is 21.1 Å². The van der Waals surface area contributed by atoms with Crippen LogP contribution in [0.3, 0.4) is 0 Å². The quantitative estimate of drug-likeness (QED) is 0.319. The summed E-state index contributed by atoms with van der Waals surface area (Å²) in [4.78, 5) is 16.1. The van der Waals surface area contributed by atoms with Crippen LogP contribution < -0.4 is 21.1 Å². The first-order chi connectivity index (χ1) is 12.5. The summed E-state index contributed by atoms with van der Waals surface area (Å²) in [5, 5.41) is 5.81. The van der Waals surface area contributed by atoms with Gasteiger partial charge in [0.1, 0.15) is 5.75 Å². The van der Waals surface area contributed by atoms with Crippen LogP contribution in [-0.4, -0.2) is 24.5 Å². The predicted molar refractivity (Wildman–Crippen MR) is 121 cm³/mol. The first-order valence-electron chi connectivity index (χ1n) is 8.68. The summed E-state index contributed by atoms with van der Waals surface area (Å²) in [6.45, 7) is 6.90. The lowest BCUT2D eigenvalue weighted by molar-refractivity contribution is 0.0956. The van der Waals surface area contributed by atoms with E-state index in [4.69, 9.17) is 10.5 Å². The molecule has 0 aliphatic rings. The summed E-state index contributed by atoms with van der Waals surface area (Å²) in [6, 6.07) is 14.9. The molecule has 0 aliphatic heterocycles. The maximum absolute atomic E-state index is 11.7. The maximum Gasteiger partial charge on any atom is 0.251 e. The molecule has 146 valence electrons. The summed E-state index contributed by atoms with van der Waals surface area (Å²) in [6.07, 6.45) is 0.139. The Morgan fingerprint density at radius 1 is 1.11 bits per heavy atom. The van der Waals surface area contributed by atoms with E-state index in [1.807, 2.05) is 57.2 Å². The summed E-state index contributed by atoms with van der Waals surface area (Å²) >= 11 is 0. The monoisotopic (exact) mass is 482 g/mol. The van der Waals surface area contributed by atoms with Gasteiger partial charge in [-0.25, -0.2) is 4.99 Å². The van der Waals surface area contributed by atoms with Gasteiger partial charge in [-0.1, -0.05) is 12.1 Å². The Balaban J connectivity index is 0.00000364. The number of nitrogens with two attached hydrogens (primary N) is 1. The van der Waals surface area contributed by atoms with E-state index in [-0.39, 0.29) is 36.0 Å². The number of guanidine groups is 1. The van der Waals surface area contributed by atoms with E-state index in [0.717, 1.165) is 17.0 Å². The molecular formula is C20H27IN4O2. The minimum atomic E-state index is -0.0753. The van der Waals surface area contributed by atoms with Gasteiger partial charge in [0.2, 0.25) is 0 Å². The van der Waals surface area contributed by atoms with E-state index < -0.39 is 0 Å². The van der Waals surface area contributed by atoms with Gasteiger partial charge in [0, 0.05) is 17.8 Å². The van der Waals surface area contributed by atoms with Gasteiger partial charge >= 0.3 is 0 Å². The fraction of sp³-hybridized carbons (Fsp3) is 0.300. The molecule has 7 heteroatoms. The van der Waals surface area contributed by atoms with Crippen LogP contribution in [0.25, 0.3) is 0 Å². The predicted octanol–water partition coefficient (Wildman–Crippen LogP) is 3.77. The van der Waals surface area contributed by atoms with Crippen molar-refractivity contribution < 1.29 is 9.53 Å². The lowest BCUT2D eigenvalue weighted by Gasteiger charge is -2.11. The fourth-order valence-electron chi connectivity index (χ4n) is 2.28. The van der Waals surface area contributed by atoms with Crippen LogP contribution >= 0.6 is 24.0 Å². The summed E-state index contributed by atoms with van der Waals surface area (Å²) in [5.74, 6) is 1.07. The lowest BCUT2D eigenvalue weighted by atomic mass is 10.1. The second-order valence-electron chi connectivity index (χ2n) is 6.07. The van der Waals surface area contributed by atoms with Crippen molar-refractivity contribution in [2.45, 2.75) is 33.4 Å². The highest BCUT2D eigenvalue weighted by molar-refractivity contribution is 14.0. The maximum atomic E-state index is 11.7. The number of aliphatic imine (C=N–C) groups is 1. The summed E-state index contributed by atoms with van der Waals surface area (Å²) < 4.78 is 5.60. The molecule has 0 heterocycles. The fourth-order valence-corrected chi connectivity index (χ4v) is 2.28. The second-order valence-corrected chi connectivity index (χ2v) is 6.07. The molecule has 0 atom stereocenters. The van der Waals surface area contributed by atoms with Crippen molar-refractivity contribution in [3.8, 4) is 5.75 Å². The topological polar surface area (TPSA) is 88.7 Å². The number of anilines is 1. The Kier molecular flexibility index (Phi) is 9.63. The van der Waals surface area contributed by atoms with Crippen molar-refractivity contribution in [1.82, 2.24) is 5.32 Å². The van der Waals surface area contributed by atoms with E-state index >= 15 is 0 Å². The van der Waals surface area contributed by atoms with Gasteiger partial charge in [0.05, 0.1) is 12.6 Å². The number of carbonyl (C=O) groups excluding carboxylic acids is 1. The van der Waals surface area contributed by atoms with Crippen LogP contribution in [-0.2, 0) is 6.54 Å². The molecular weight excluding hydrogens is 455 g/mol. The van der Waals surface area contributed by atoms with Gasteiger partial charge in [0.25, 0.3) is 5.91 Å². The third kappa shape index (κ3) is 7.86. The number of ether oxygens (including phenoxy) is 1. The molecule has 2 rings (SSSR count). The Labute approximate surface area is 177 Å². The van der Waals surface area contributed by atoms with E-state index in [0.29, 0.717) is 24.6 Å². The number of carbonyl (C=O) groups is 1. The molecule has 0 aromatic heterocycles. The van der Waals surface area contributed by atoms with Crippen LogP contribution in [0.5, 0.6) is 5.75 Å². The molecule has 2 aromatic rings. The van der Waals surface area contributed by atoms with Gasteiger partial charge in [0.15, 0.2) is 5.96 Å². The Morgan fingerprint density at radius 3 is 2.30 bits per heavy atom. The van der Waals surface area contributed by atoms with E-state index in [1.165, 1.54) is 0 Å². The van der Waals surface area contributed by atoms with Gasteiger partial charge in [-0.05, 0) is 62.7 Å². The molecule has 0 bridgehead atoms. The van der Waals surface area contributed by atoms with E-state index in [9.17, 15) is 4.79 Å². The molecule has 0 radical (unpaired) electrons. The van der Waals surface area contributed by atoms with Crippen molar-refractivity contribution >= 4 is 41.5 Å². The molecule has 0 spiro atoms. The molecule has 2 aromatic carbocycles. The van der Waals surface area contributed by atoms with E-state index in [2.05, 4.69) is 15.6 Å². The highest BCUT2D eigenvalue weighted by atomic mass is 127. The zero-order valence-electron chi connectivity index (χ0n) is 15.9. The van der Waals surface area contributed by atoms with Gasteiger partial charge in [-0.3, -0.25) is 4.79 Å². The minimum Gasteiger partial charge on any atom is -0.491 e. The number of nitrogens with zero attached hydrogens (tertiary/aromatic N) is 1. The standard InChI is InChI=1S/C20H26N4O2.HI/c1-4-22-19(25)16-7-5-15(6-8-16)13-23-20(21)24-17-9-11-18(12-10-17)26-14(2)3;/h5-12,14H,4,13H2,1-3H3,(H,22,25)(H3,21,23,24);1H. The van der Waals surface area contributed by atoms with Crippen molar-refractivity contribution in [3.63, 3.8) is 0 Å². The summed E-state index contributed by atoms with van der Waals surface area (Å²) in [7, 11) is 0. The van der Waals surface area contributed by atoms with Crippen molar-refractivity contribution in [2.24, 2.45) is 10.7 Å². The van der Waals surface area contributed by atoms with Crippen LogP contribution in [0, 0.1) is 0 Å².